The lowest BCUT2D eigenvalue weighted by atomic mass is 9.89. The van der Waals surface area contributed by atoms with Crippen LogP contribution in [0.5, 0.6) is 0 Å². The molecule has 0 heterocycles. The van der Waals surface area contributed by atoms with E-state index in [-0.39, 0.29) is 37.2 Å². The Bertz CT molecular complexity index is 1310. The molecule has 0 bridgehead atoms. The molecule has 0 aliphatic carbocycles. The number of anilines is 1. The maximum Gasteiger partial charge on any atom is 0.253 e. The molecule has 0 aromatic heterocycles. The molecule has 3 atom stereocenters. The number of amides is 3. The fourth-order valence-electron chi connectivity index (χ4n) is 5.04. The molecule has 0 spiro atoms. The molecule has 9 heteroatoms. The molecule has 0 aliphatic heterocycles. The standard InChI is InChI=1S/C34H43FN4O4/c1-3-18-39(19-4-2)34(43)27-12-8-11-25(22-27)33(42)38-31(21-24-9-6-5-7-10-24)30(36)23-26(17-20-40)32(41)37-29-15-13-28(35)14-16-29/h5-16,22,26,30-31,40H,3-4,17-21,23,36H2,1-2H3,(H,37,41)(H,38,42)/t26-,30+,31+/m1/s1. The van der Waals surface area contributed by atoms with E-state index in [0.717, 1.165) is 18.4 Å². The van der Waals surface area contributed by atoms with Crippen molar-refractivity contribution in [3.8, 4) is 0 Å². The molecule has 5 N–H and O–H groups in total. The number of nitrogens with two attached hydrogens (primary N) is 1. The molecule has 0 saturated carbocycles. The summed E-state index contributed by atoms with van der Waals surface area (Å²) in [6.07, 6.45) is 2.45. The minimum Gasteiger partial charge on any atom is -0.396 e. The largest absolute Gasteiger partial charge is 0.396 e. The maximum absolute atomic E-state index is 13.5. The van der Waals surface area contributed by atoms with E-state index in [1.54, 1.807) is 29.2 Å². The van der Waals surface area contributed by atoms with Crippen molar-refractivity contribution < 1.29 is 23.9 Å². The summed E-state index contributed by atoms with van der Waals surface area (Å²) in [5.74, 6) is -1.91. The first-order chi connectivity index (χ1) is 20.7. The van der Waals surface area contributed by atoms with E-state index in [2.05, 4.69) is 10.6 Å². The van der Waals surface area contributed by atoms with E-state index in [0.29, 0.717) is 36.3 Å². The number of halogens is 1. The van der Waals surface area contributed by atoms with E-state index >= 15 is 0 Å². The minimum absolute atomic E-state index is 0.116. The molecule has 43 heavy (non-hydrogen) atoms. The number of nitrogens with zero attached hydrogens (tertiary/aromatic N) is 1. The Morgan fingerprint density at radius 2 is 1.56 bits per heavy atom. The lowest BCUT2D eigenvalue weighted by molar-refractivity contribution is -0.120. The topological polar surface area (TPSA) is 125 Å². The van der Waals surface area contributed by atoms with Crippen LogP contribution in [0.25, 0.3) is 0 Å². The van der Waals surface area contributed by atoms with Crippen molar-refractivity contribution in [1.29, 1.82) is 0 Å². The zero-order chi connectivity index (χ0) is 31.2. The van der Waals surface area contributed by atoms with Crippen molar-refractivity contribution in [3.63, 3.8) is 0 Å². The van der Waals surface area contributed by atoms with Gasteiger partial charge < -0.3 is 26.4 Å². The number of nitrogens with one attached hydrogen (secondary N) is 2. The van der Waals surface area contributed by atoms with Gasteiger partial charge in [-0.05, 0) is 80.1 Å². The number of benzene rings is 3. The van der Waals surface area contributed by atoms with Gasteiger partial charge in [-0.1, -0.05) is 50.2 Å². The highest BCUT2D eigenvalue weighted by Gasteiger charge is 2.28. The second-order valence-corrected chi connectivity index (χ2v) is 10.7. The molecule has 230 valence electrons. The van der Waals surface area contributed by atoms with Crippen molar-refractivity contribution in [2.45, 2.75) is 58.0 Å². The number of carbonyl (C=O) groups is 3. The average molecular weight is 591 g/mol. The third-order valence-corrected chi connectivity index (χ3v) is 7.29. The Morgan fingerprint density at radius 3 is 2.19 bits per heavy atom. The van der Waals surface area contributed by atoms with Gasteiger partial charge in [-0.25, -0.2) is 4.39 Å². The summed E-state index contributed by atoms with van der Waals surface area (Å²) in [7, 11) is 0. The highest BCUT2D eigenvalue weighted by Crippen LogP contribution is 2.19. The third kappa shape index (κ3) is 10.3. The van der Waals surface area contributed by atoms with Crippen LogP contribution < -0.4 is 16.4 Å². The van der Waals surface area contributed by atoms with E-state index < -0.39 is 23.8 Å². The fourth-order valence-corrected chi connectivity index (χ4v) is 5.04. The number of aliphatic hydroxyl groups is 1. The Kier molecular flexibility index (Phi) is 13.3. The molecule has 8 nitrogen and oxygen atoms in total. The Morgan fingerprint density at radius 1 is 0.907 bits per heavy atom. The normalized spacial score (nSPS) is 13.0. The first kappa shape index (κ1) is 33.4. The van der Waals surface area contributed by atoms with Crippen LogP contribution in [0, 0.1) is 11.7 Å². The predicted octanol–water partition coefficient (Wildman–Crippen LogP) is 4.78. The van der Waals surface area contributed by atoms with Gasteiger partial charge in [0, 0.05) is 54.5 Å². The van der Waals surface area contributed by atoms with E-state index in [1.807, 2.05) is 44.2 Å². The molecule has 3 amide bonds. The molecule has 3 aromatic carbocycles. The third-order valence-electron chi connectivity index (χ3n) is 7.29. The van der Waals surface area contributed by atoms with Crippen molar-refractivity contribution in [2.24, 2.45) is 11.7 Å². The van der Waals surface area contributed by atoms with E-state index in [1.165, 1.54) is 24.3 Å². The zero-order valence-corrected chi connectivity index (χ0v) is 25.0. The lowest BCUT2D eigenvalue weighted by Gasteiger charge is -2.28. The molecule has 3 aromatic rings. The summed E-state index contributed by atoms with van der Waals surface area (Å²) in [5, 5.41) is 15.5. The zero-order valence-electron chi connectivity index (χ0n) is 25.0. The monoisotopic (exact) mass is 590 g/mol. The van der Waals surface area contributed by atoms with Crippen molar-refractivity contribution >= 4 is 23.4 Å². The Balaban J connectivity index is 1.79. The van der Waals surface area contributed by atoms with Gasteiger partial charge in [-0.3, -0.25) is 14.4 Å². The smallest absolute Gasteiger partial charge is 0.253 e. The highest BCUT2D eigenvalue weighted by molar-refractivity contribution is 6.00. The number of rotatable bonds is 16. The first-order valence-corrected chi connectivity index (χ1v) is 14.9. The van der Waals surface area contributed by atoms with E-state index in [4.69, 9.17) is 5.73 Å². The number of carbonyl (C=O) groups excluding carboxylic acids is 3. The van der Waals surface area contributed by atoms with Crippen molar-refractivity contribution in [1.82, 2.24) is 10.2 Å². The maximum atomic E-state index is 13.5. The first-order valence-electron chi connectivity index (χ1n) is 14.9. The minimum atomic E-state index is -0.649. The lowest BCUT2D eigenvalue weighted by Crippen LogP contribution is -2.50. The van der Waals surface area contributed by atoms with Crippen LogP contribution in [0.4, 0.5) is 10.1 Å². The average Bonchev–Trinajstić information content (AvgIpc) is 3.01. The van der Waals surface area contributed by atoms with Crippen LogP contribution >= 0.6 is 0 Å². The highest BCUT2D eigenvalue weighted by atomic mass is 19.1. The molecule has 0 unspecified atom stereocenters. The van der Waals surface area contributed by atoms with Crippen molar-refractivity contribution in [2.75, 3.05) is 25.0 Å². The SMILES string of the molecule is CCCN(CCC)C(=O)c1cccc(C(=O)N[C@@H](Cc2ccccc2)[C@@H](N)C[C@@H](CCO)C(=O)Nc2ccc(F)cc2)c1. The Hall–Kier alpha value is -4.08. The number of aliphatic hydroxyl groups excluding tert-OH is 1. The number of hydrogen-bond acceptors (Lipinski definition) is 5. The summed E-state index contributed by atoms with van der Waals surface area (Å²) in [5.41, 5.74) is 8.84. The van der Waals surface area contributed by atoms with Crippen LogP contribution in [0.15, 0.2) is 78.9 Å². The molecule has 0 aliphatic rings. The summed E-state index contributed by atoms with van der Waals surface area (Å²) in [4.78, 5) is 41.6. The molecule has 0 saturated heterocycles. The molecule has 0 fully saturated rings. The molecular weight excluding hydrogens is 547 g/mol. The second kappa shape index (κ2) is 17.1. The van der Waals surface area contributed by atoms with Crippen LogP contribution in [-0.2, 0) is 11.2 Å². The van der Waals surface area contributed by atoms with Gasteiger partial charge >= 0.3 is 0 Å². The Labute approximate surface area is 253 Å². The molecular formula is C34H43FN4O4. The quantitative estimate of drug-likeness (QED) is 0.191. The fraction of sp³-hybridized carbons (Fsp3) is 0.382. The van der Waals surface area contributed by atoms with E-state index in [9.17, 15) is 23.9 Å². The van der Waals surface area contributed by atoms with Gasteiger partial charge in [0.05, 0.1) is 0 Å². The predicted molar refractivity (Wildman–Crippen MR) is 167 cm³/mol. The van der Waals surface area contributed by atoms with Crippen LogP contribution in [0.1, 0.15) is 65.8 Å². The van der Waals surface area contributed by atoms with Gasteiger partial charge in [0.2, 0.25) is 5.91 Å². The van der Waals surface area contributed by atoms with Crippen LogP contribution in [-0.4, -0.2) is 59.5 Å². The number of hydrogen-bond donors (Lipinski definition) is 4. The van der Waals surface area contributed by atoms with Gasteiger partial charge in [-0.15, -0.1) is 0 Å². The summed E-state index contributed by atoms with van der Waals surface area (Å²) in [6.45, 7) is 5.10. The summed E-state index contributed by atoms with van der Waals surface area (Å²) < 4.78 is 13.3. The van der Waals surface area contributed by atoms with Crippen LogP contribution in [0.2, 0.25) is 0 Å². The van der Waals surface area contributed by atoms with Crippen LogP contribution in [0.3, 0.4) is 0 Å². The van der Waals surface area contributed by atoms with Gasteiger partial charge in [0.15, 0.2) is 0 Å². The van der Waals surface area contributed by atoms with Gasteiger partial charge in [0.1, 0.15) is 5.82 Å². The molecule has 3 rings (SSSR count). The van der Waals surface area contributed by atoms with Crippen molar-refractivity contribution in [3.05, 3.63) is 101 Å². The summed E-state index contributed by atoms with van der Waals surface area (Å²) in [6, 6.07) is 20.5. The van der Waals surface area contributed by atoms with Gasteiger partial charge in [-0.2, -0.15) is 0 Å². The summed E-state index contributed by atoms with van der Waals surface area (Å²) >= 11 is 0. The second-order valence-electron chi connectivity index (χ2n) is 10.7. The van der Waals surface area contributed by atoms with Gasteiger partial charge in [0.25, 0.3) is 11.8 Å². The molecule has 0 radical (unpaired) electrons.